The molecule has 6 heteroatoms. The van der Waals surface area contributed by atoms with Gasteiger partial charge in [-0.1, -0.05) is 50.7 Å². The fourth-order valence-corrected chi connectivity index (χ4v) is 6.35. The summed E-state index contributed by atoms with van der Waals surface area (Å²) in [4.78, 5) is 5.00. The molecule has 0 spiro atoms. The van der Waals surface area contributed by atoms with Crippen molar-refractivity contribution >= 4 is 20.7 Å². The van der Waals surface area contributed by atoms with Crippen molar-refractivity contribution in [3.63, 3.8) is 0 Å². The highest BCUT2D eigenvalue weighted by Gasteiger charge is 2.25. The lowest BCUT2D eigenvalue weighted by atomic mass is 9.81. The number of rotatable bonds is 6. The first-order valence-corrected chi connectivity index (χ1v) is 14.0. The Labute approximate surface area is 191 Å². The van der Waals surface area contributed by atoms with E-state index in [1.165, 1.54) is 70.5 Å². The van der Waals surface area contributed by atoms with Gasteiger partial charge in [0, 0.05) is 17.2 Å². The Bertz CT molecular complexity index is 1170. The minimum Gasteiger partial charge on any atom is -0.260 e. The van der Waals surface area contributed by atoms with Gasteiger partial charge in [-0.15, -0.1) is 0 Å². The Kier molecular flexibility index (Phi) is 6.06. The van der Waals surface area contributed by atoms with Gasteiger partial charge < -0.3 is 0 Å². The first-order valence-electron chi connectivity index (χ1n) is 12.1. The predicted molar refractivity (Wildman–Crippen MR) is 128 cm³/mol. The van der Waals surface area contributed by atoms with Crippen molar-refractivity contribution in [1.29, 1.82) is 0 Å². The van der Waals surface area contributed by atoms with E-state index in [2.05, 4.69) is 15.7 Å². The highest BCUT2D eigenvalue weighted by atomic mass is 32.2. The molecule has 0 saturated heterocycles. The molecule has 0 atom stereocenters. The van der Waals surface area contributed by atoms with Crippen molar-refractivity contribution in [3.05, 3.63) is 42.7 Å². The van der Waals surface area contributed by atoms with E-state index in [0.29, 0.717) is 10.9 Å². The molecular formula is C26H33N3O2S. The Hall–Kier alpha value is -2.21. The smallest absolute Gasteiger partial charge is 0.175 e. The van der Waals surface area contributed by atoms with Gasteiger partial charge in [-0.25, -0.2) is 8.42 Å². The van der Waals surface area contributed by atoms with Gasteiger partial charge in [-0.3, -0.25) is 9.67 Å². The summed E-state index contributed by atoms with van der Waals surface area (Å²) < 4.78 is 25.6. The maximum Gasteiger partial charge on any atom is 0.175 e. The molecule has 2 fully saturated rings. The first-order chi connectivity index (χ1) is 15.5. The van der Waals surface area contributed by atoms with Crippen LogP contribution in [0.2, 0.25) is 0 Å². The van der Waals surface area contributed by atoms with Gasteiger partial charge in [0.2, 0.25) is 0 Å². The summed E-state index contributed by atoms with van der Waals surface area (Å²) in [5.41, 5.74) is 2.85. The quantitative estimate of drug-likeness (QED) is 0.447. The van der Waals surface area contributed by atoms with Crippen LogP contribution in [-0.2, 0) is 9.84 Å². The molecule has 2 aliphatic carbocycles. The fourth-order valence-electron chi connectivity index (χ4n) is 5.72. The molecule has 0 aliphatic heterocycles. The van der Waals surface area contributed by atoms with Gasteiger partial charge in [0.15, 0.2) is 9.84 Å². The second-order valence-electron chi connectivity index (χ2n) is 9.92. The van der Waals surface area contributed by atoms with E-state index in [-0.39, 0.29) is 0 Å². The Morgan fingerprint density at radius 2 is 1.56 bits per heavy atom. The summed E-state index contributed by atoms with van der Waals surface area (Å²) in [5, 5.41) is 5.82. The highest BCUT2D eigenvalue weighted by Crippen LogP contribution is 2.38. The number of hydrogen-bond acceptors (Lipinski definition) is 4. The SMILES string of the molecule is CS(=O)(=O)c1ccc(-c2cc3cnn(C4CCC(CCC5CCCC5)CC4)c3cn2)cc1. The molecular weight excluding hydrogens is 418 g/mol. The molecule has 2 aliphatic rings. The van der Waals surface area contributed by atoms with E-state index in [0.717, 1.165) is 34.0 Å². The summed E-state index contributed by atoms with van der Waals surface area (Å²) in [7, 11) is -3.19. The van der Waals surface area contributed by atoms with E-state index < -0.39 is 9.84 Å². The van der Waals surface area contributed by atoms with E-state index in [4.69, 9.17) is 5.10 Å². The average Bonchev–Trinajstić information content (AvgIpc) is 3.47. The van der Waals surface area contributed by atoms with Gasteiger partial charge in [0.05, 0.1) is 34.5 Å². The second-order valence-corrected chi connectivity index (χ2v) is 11.9. The van der Waals surface area contributed by atoms with Crippen LogP contribution < -0.4 is 0 Å². The molecule has 2 saturated carbocycles. The van der Waals surface area contributed by atoms with Crippen molar-refractivity contribution in [3.8, 4) is 11.3 Å². The van der Waals surface area contributed by atoms with Crippen molar-refractivity contribution in [2.24, 2.45) is 11.8 Å². The Balaban J connectivity index is 1.25. The van der Waals surface area contributed by atoms with Crippen LogP contribution in [0.5, 0.6) is 0 Å². The lowest BCUT2D eigenvalue weighted by Gasteiger charge is -2.29. The number of hydrogen-bond donors (Lipinski definition) is 0. The molecule has 5 nitrogen and oxygen atoms in total. The molecule has 2 aromatic heterocycles. The van der Waals surface area contributed by atoms with Crippen LogP contribution in [0.3, 0.4) is 0 Å². The predicted octanol–water partition coefficient (Wildman–Crippen LogP) is 6.20. The van der Waals surface area contributed by atoms with E-state index in [1.54, 1.807) is 12.1 Å². The summed E-state index contributed by atoms with van der Waals surface area (Å²) in [6.07, 6.45) is 18.8. The number of nitrogens with zero attached hydrogens (tertiary/aromatic N) is 3. The third kappa shape index (κ3) is 4.61. The third-order valence-electron chi connectivity index (χ3n) is 7.68. The Morgan fingerprint density at radius 1 is 0.906 bits per heavy atom. The zero-order valence-electron chi connectivity index (χ0n) is 18.9. The van der Waals surface area contributed by atoms with Gasteiger partial charge in [-0.05, 0) is 55.7 Å². The van der Waals surface area contributed by atoms with Crippen molar-refractivity contribution in [1.82, 2.24) is 14.8 Å². The van der Waals surface area contributed by atoms with Crippen LogP contribution in [-0.4, -0.2) is 29.4 Å². The molecule has 0 bridgehead atoms. The maximum absolute atomic E-state index is 11.7. The van der Waals surface area contributed by atoms with Crippen LogP contribution in [0.1, 0.15) is 70.3 Å². The molecule has 5 rings (SSSR count). The lowest BCUT2D eigenvalue weighted by Crippen LogP contribution is -2.19. The number of sulfone groups is 1. The number of pyridine rings is 1. The maximum atomic E-state index is 11.7. The number of aromatic nitrogens is 3. The van der Waals surface area contributed by atoms with Crippen LogP contribution in [0.25, 0.3) is 22.2 Å². The zero-order chi connectivity index (χ0) is 22.1. The topological polar surface area (TPSA) is 64.8 Å². The molecule has 0 radical (unpaired) electrons. The molecule has 170 valence electrons. The minimum absolute atomic E-state index is 0.328. The largest absolute Gasteiger partial charge is 0.260 e. The lowest BCUT2D eigenvalue weighted by molar-refractivity contribution is 0.243. The number of fused-ring (bicyclic) bond motifs is 1. The van der Waals surface area contributed by atoms with Gasteiger partial charge >= 0.3 is 0 Å². The summed E-state index contributed by atoms with van der Waals surface area (Å²) in [6.45, 7) is 0. The first kappa shape index (κ1) is 21.6. The summed E-state index contributed by atoms with van der Waals surface area (Å²) in [5.74, 6) is 1.90. The van der Waals surface area contributed by atoms with Gasteiger partial charge in [-0.2, -0.15) is 5.10 Å². The highest BCUT2D eigenvalue weighted by molar-refractivity contribution is 7.90. The normalized spacial score (nSPS) is 22.5. The molecule has 2 heterocycles. The third-order valence-corrected chi connectivity index (χ3v) is 8.81. The van der Waals surface area contributed by atoms with Crippen molar-refractivity contribution in [2.75, 3.05) is 6.26 Å². The van der Waals surface area contributed by atoms with Crippen LogP contribution in [0.4, 0.5) is 0 Å². The summed E-state index contributed by atoms with van der Waals surface area (Å²) >= 11 is 0. The van der Waals surface area contributed by atoms with Gasteiger partial charge in [0.1, 0.15) is 0 Å². The van der Waals surface area contributed by atoms with Crippen molar-refractivity contribution in [2.45, 2.75) is 75.1 Å². The molecule has 3 aromatic rings. The molecule has 0 amide bonds. The molecule has 0 N–H and O–H groups in total. The van der Waals surface area contributed by atoms with Crippen LogP contribution in [0.15, 0.2) is 47.6 Å². The van der Waals surface area contributed by atoms with E-state index >= 15 is 0 Å². The van der Waals surface area contributed by atoms with Crippen LogP contribution >= 0.6 is 0 Å². The molecule has 32 heavy (non-hydrogen) atoms. The zero-order valence-corrected chi connectivity index (χ0v) is 19.7. The van der Waals surface area contributed by atoms with Crippen LogP contribution in [0, 0.1) is 11.8 Å². The second kappa shape index (κ2) is 8.97. The van der Waals surface area contributed by atoms with E-state index in [1.807, 2.05) is 24.5 Å². The van der Waals surface area contributed by atoms with Crippen molar-refractivity contribution < 1.29 is 8.42 Å². The summed E-state index contributed by atoms with van der Waals surface area (Å²) in [6, 6.07) is 9.46. The number of benzene rings is 1. The standard InChI is InChI=1S/C26H33N3O2S/c1-32(30,31)24-14-10-21(11-15-24)25-16-22-17-28-29(26(22)18-27-25)23-12-8-20(9-13-23)7-6-19-4-2-3-5-19/h10-11,14-20,23H,2-9,12-13H2,1H3. The Morgan fingerprint density at radius 3 is 2.22 bits per heavy atom. The molecule has 0 unspecified atom stereocenters. The van der Waals surface area contributed by atoms with E-state index in [9.17, 15) is 8.42 Å². The average molecular weight is 452 g/mol. The van der Waals surface area contributed by atoms with Gasteiger partial charge in [0.25, 0.3) is 0 Å². The minimum atomic E-state index is -3.19. The fraction of sp³-hybridized carbons (Fsp3) is 0.538. The molecule has 1 aromatic carbocycles. The monoisotopic (exact) mass is 451 g/mol.